The van der Waals surface area contributed by atoms with Gasteiger partial charge in [-0.15, -0.1) is 0 Å². The predicted octanol–water partition coefficient (Wildman–Crippen LogP) is 9.59. The van der Waals surface area contributed by atoms with Crippen molar-refractivity contribution in [2.75, 3.05) is 5.73 Å². The number of nitrogens with two attached hydrogens (primary N) is 1. The van der Waals surface area contributed by atoms with Crippen molar-refractivity contribution >= 4 is 5.69 Å². The van der Waals surface area contributed by atoms with E-state index in [0.29, 0.717) is 0 Å². The fraction of sp³-hybridized carbons (Fsp3) is 0.100. The Morgan fingerprint density at radius 3 is 1.44 bits per heavy atom. The molecular formula is C40H29N. The molecule has 0 heterocycles. The van der Waals surface area contributed by atoms with Crippen molar-refractivity contribution in [1.82, 2.24) is 0 Å². The van der Waals surface area contributed by atoms with E-state index in [1.165, 1.54) is 72.3 Å². The zero-order valence-electron chi connectivity index (χ0n) is 23.2. The first-order valence-electron chi connectivity index (χ1n) is 14.5. The summed E-state index contributed by atoms with van der Waals surface area (Å²) in [6.07, 6.45) is 0. The van der Waals surface area contributed by atoms with Crippen molar-refractivity contribution in [3.05, 3.63) is 161 Å². The van der Waals surface area contributed by atoms with Gasteiger partial charge in [-0.1, -0.05) is 123 Å². The molecule has 41 heavy (non-hydrogen) atoms. The molecule has 0 aliphatic heterocycles. The van der Waals surface area contributed by atoms with Gasteiger partial charge in [-0.05, 0) is 90.5 Å². The molecule has 3 aliphatic rings. The zero-order valence-corrected chi connectivity index (χ0v) is 23.2. The topological polar surface area (TPSA) is 26.0 Å². The molecular weight excluding hydrogens is 494 g/mol. The highest BCUT2D eigenvalue weighted by Crippen LogP contribution is 2.63. The Kier molecular flexibility index (Phi) is 4.27. The minimum Gasteiger partial charge on any atom is -0.398 e. The van der Waals surface area contributed by atoms with Gasteiger partial charge in [-0.25, -0.2) is 0 Å². The maximum Gasteiger partial charge on any atom is 0.0726 e. The highest BCUT2D eigenvalue weighted by molar-refractivity contribution is 5.98. The molecule has 194 valence electrons. The normalized spacial score (nSPS) is 15.6. The summed E-state index contributed by atoms with van der Waals surface area (Å²) in [5.41, 5.74) is 25.7. The van der Waals surface area contributed by atoms with E-state index in [1.54, 1.807) is 0 Å². The third-order valence-electron chi connectivity index (χ3n) is 10.1. The number of rotatable bonds is 1. The molecule has 9 rings (SSSR count). The van der Waals surface area contributed by atoms with E-state index in [4.69, 9.17) is 5.73 Å². The van der Waals surface area contributed by atoms with Gasteiger partial charge in [0.25, 0.3) is 0 Å². The number of fused-ring (bicyclic) bond motifs is 13. The molecule has 0 fully saturated rings. The van der Waals surface area contributed by atoms with Crippen molar-refractivity contribution in [1.29, 1.82) is 0 Å². The van der Waals surface area contributed by atoms with Crippen LogP contribution in [0.25, 0.3) is 44.5 Å². The molecule has 0 aromatic heterocycles. The minimum atomic E-state index is -0.368. The van der Waals surface area contributed by atoms with E-state index < -0.39 is 0 Å². The Bertz CT molecular complexity index is 2050. The van der Waals surface area contributed by atoms with Crippen LogP contribution in [0.15, 0.2) is 127 Å². The van der Waals surface area contributed by atoms with Crippen LogP contribution in [0.2, 0.25) is 0 Å². The average molecular weight is 524 g/mol. The molecule has 0 bridgehead atoms. The Morgan fingerprint density at radius 1 is 0.390 bits per heavy atom. The van der Waals surface area contributed by atoms with Crippen molar-refractivity contribution in [2.45, 2.75) is 24.7 Å². The minimum absolute atomic E-state index is 0.0542. The monoisotopic (exact) mass is 523 g/mol. The highest BCUT2D eigenvalue weighted by atomic mass is 14.6. The molecule has 6 aromatic carbocycles. The standard InChI is InChI=1S/C40H29N/c1-39(2)32-15-7-3-11-25(32)29-20-19-24(21-36(29)39)30-22-31-28-14-6-10-18-35(28)40(37(31)23-38(30)41)33-16-8-4-12-26(33)27-13-5-9-17-34(27)40/h3-23H,41H2,1-2H3. The fourth-order valence-electron chi connectivity index (χ4n) is 8.28. The van der Waals surface area contributed by atoms with E-state index in [0.717, 1.165) is 11.3 Å². The lowest BCUT2D eigenvalue weighted by molar-refractivity contribution is 0.660. The molecule has 0 atom stereocenters. The van der Waals surface area contributed by atoms with Crippen molar-refractivity contribution in [3.63, 3.8) is 0 Å². The molecule has 0 amide bonds. The largest absolute Gasteiger partial charge is 0.398 e. The Morgan fingerprint density at radius 2 is 0.854 bits per heavy atom. The highest BCUT2D eigenvalue weighted by Gasteiger charge is 2.51. The SMILES string of the molecule is CC1(C)c2ccccc2-c2ccc(-c3cc4c(cc3N)C3(c5ccccc5-c5ccccc53)c3ccccc3-4)cc21. The van der Waals surface area contributed by atoms with Crippen LogP contribution in [0, 0.1) is 0 Å². The summed E-state index contributed by atoms with van der Waals surface area (Å²) in [5.74, 6) is 0. The first-order chi connectivity index (χ1) is 20.0. The van der Waals surface area contributed by atoms with Crippen LogP contribution in [0.1, 0.15) is 47.2 Å². The van der Waals surface area contributed by atoms with Crippen LogP contribution in [0.5, 0.6) is 0 Å². The summed E-state index contributed by atoms with van der Waals surface area (Å²) in [6, 6.07) is 47.2. The molecule has 0 saturated heterocycles. The van der Waals surface area contributed by atoms with E-state index in [9.17, 15) is 0 Å². The van der Waals surface area contributed by atoms with Crippen molar-refractivity contribution in [2.24, 2.45) is 0 Å². The lowest BCUT2D eigenvalue weighted by atomic mass is 9.70. The molecule has 1 spiro atoms. The molecule has 1 nitrogen and oxygen atoms in total. The van der Waals surface area contributed by atoms with Crippen LogP contribution in [-0.2, 0) is 10.8 Å². The lowest BCUT2D eigenvalue weighted by Gasteiger charge is -2.30. The quantitative estimate of drug-likeness (QED) is 0.213. The van der Waals surface area contributed by atoms with E-state index >= 15 is 0 Å². The predicted molar refractivity (Wildman–Crippen MR) is 170 cm³/mol. The van der Waals surface area contributed by atoms with Crippen LogP contribution in [-0.4, -0.2) is 0 Å². The number of anilines is 1. The van der Waals surface area contributed by atoms with Crippen molar-refractivity contribution in [3.8, 4) is 44.5 Å². The van der Waals surface area contributed by atoms with Crippen LogP contribution < -0.4 is 5.73 Å². The van der Waals surface area contributed by atoms with Crippen molar-refractivity contribution < 1.29 is 0 Å². The van der Waals surface area contributed by atoms with Gasteiger partial charge in [0.05, 0.1) is 5.41 Å². The second-order valence-electron chi connectivity index (χ2n) is 12.3. The second kappa shape index (κ2) is 7.65. The number of benzene rings is 6. The van der Waals surface area contributed by atoms with E-state index in [-0.39, 0.29) is 10.8 Å². The molecule has 0 saturated carbocycles. The number of hydrogen-bond donors (Lipinski definition) is 1. The second-order valence-corrected chi connectivity index (χ2v) is 12.3. The van der Waals surface area contributed by atoms with Gasteiger partial charge in [-0.3, -0.25) is 0 Å². The lowest BCUT2D eigenvalue weighted by Crippen LogP contribution is -2.26. The summed E-state index contributed by atoms with van der Waals surface area (Å²) in [5, 5.41) is 0. The van der Waals surface area contributed by atoms with Gasteiger partial charge in [0.1, 0.15) is 0 Å². The number of hydrogen-bond acceptors (Lipinski definition) is 1. The van der Waals surface area contributed by atoms with E-state index in [1.807, 2.05) is 0 Å². The van der Waals surface area contributed by atoms with Crippen LogP contribution >= 0.6 is 0 Å². The summed E-state index contributed by atoms with van der Waals surface area (Å²) in [4.78, 5) is 0. The van der Waals surface area contributed by atoms with Gasteiger partial charge in [-0.2, -0.15) is 0 Å². The van der Waals surface area contributed by atoms with Gasteiger partial charge in [0.15, 0.2) is 0 Å². The zero-order chi connectivity index (χ0) is 27.5. The molecule has 1 heteroatoms. The van der Waals surface area contributed by atoms with Gasteiger partial charge >= 0.3 is 0 Å². The van der Waals surface area contributed by atoms with Crippen LogP contribution in [0.4, 0.5) is 5.69 Å². The molecule has 0 radical (unpaired) electrons. The van der Waals surface area contributed by atoms with Gasteiger partial charge < -0.3 is 5.73 Å². The van der Waals surface area contributed by atoms with Gasteiger partial charge in [0.2, 0.25) is 0 Å². The molecule has 0 unspecified atom stereocenters. The first-order valence-corrected chi connectivity index (χ1v) is 14.5. The molecule has 6 aromatic rings. The summed E-state index contributed by atoms with van der Waals surface area (Å²) in [6.45, 7) is 4.67. The first kappa shape index (κ1) is 22.9. The summed E-state index contributed by atoms with van der Waals surface area (Å²) in [7, 11) is 0. The number of nitrogen functional groups attached to an aromatic ring is 1. The Hall–Kier alpha value is -4.88. The average Bonchev–Trinajstić information content (AvgIpc) is 3.56. The molecule has 3 aliphatic carbocycles. The fourth-order valence-corrected chi connectivity index (χ4v) is 8.28. The Labute approximate surface area is 240 Å². The smallest absolute Gasteiger partial charge is 0.0726 e. The summed E-state index contributed by atoms with van der Waals surface area (Å²) < 4.78 is 0. The summed E-state index contributed by atoms with van der Waals surface area (Å²) >= 11 is 0. The van der Waals surface area contributed by atoms with E-state index in [2.05, 4.69) is 141 Å². The third-order valence-corrected chi connectivity index (χ3v) is 10.1. The molecule has 2 N–H and O–H groups in total. The van der Waals surface area contributed by atoms with Gasteiger partial charge in [0, 0.05) is 16.7 Å². The maximum absolute atomic E-state index is 7.05. The maximum atomic E-state index is 7.05. The van der Waals surface area contributed by atoms with Crippen LogP contribution in [0.3, 0.4) is 0 Å². The third kappa shape index (κ3) is 2.67. The Balaban J connectivity index is 1.31.